The molecule has 0 saturated heterocycles. The Kier molecular flexibility index (Phi) is 3.56. The second kappa shape index (κ2) is 4.97. The lowest BCUT2D eigenvalue weighted by Gasteiger charge is -2.13. The van der Waals surface area contributed by atoms with E-state index in [1.807, 2.05) is 0 Å². The van der Waals surface area contributed by atoms with Crippen LogP contribution in [-0.4, -0.2) is 0 Å². The molecular formula is C18H22. The molecule has 0 heterocycles. The van der Waals surface area contributed by atoms with E-state index in [0.29, 0.717) is 0 Å². The highest BCUT2D eigenvalue weighted by molar-refractivity contribution is 5.96. The lowest BCUT2D eigenvalue weighted by molar-refractivity contribution is 1.23. The summed E-state index contributed by atoms with van der Waals surface area (Å²) in [5.74, 6) is 0. The quantitative estimate of drug-likeness (QED) is 0.648. The minimum absolute atomic E-state index is 1.08. The molecule has 2 aromatic rings. The molecule has 0 aliphatic heterocycles. The van der Waals surface area contributed by atoms with Gasteiger partial charge in [-0.2, -0.15) is 0 Å². The van der Waals surface area contributed by atoms with Gasteiger partial charge in [0.25, 0.3) is 0 Å². The lowest BCUT2D eigenvalue weighted by atomic mass is 9.91. The zero-order valence-corrected chi connectivity index (χ0v) is 12.1. The molecule has 0 amide bonds. The first kappa shape index (κ1) is 12.9. The number of fused-ring (bicyclic) bond motifs is 1. The third-order valence-electron chi connectivity index (χ3n) is 3.66. The lowest BCUT2D eigenvalue weighted by Crippen LogP contribution is -1.92. The van der Waals surface area contributed by atoms with Crippen molar-refractivity contribution in [2.45, 2.75) is 41.0 Å². The van der Waals surface area contributed by atoms with Crippen LogP contribution in [0.3, 0.4) is 0 Å². The average Bonchev–Trinajstić information content (AvgIpc) is 2.31. The fourth-order valence-corrected chi connectivity index (χ4v) is 2.69. The molecule has 0 aliphatic carbocycles. The van der Waals surface area contributed by atoms with E-state index < -0.39 is 0 Å². The van der Waals surface area contributed by atoms with E-state index in [0.717, 1.165) is 6.42 Å². The van der Waals surface area contributed by atoms with Gasteiger partial charge in [0.15, 0.2) is 0 Å². The number of benzene rings is 2. The molecule has 0 aromatic heterocycles. The molecule has 0 unspecified atom stereocenters. The predicted octanol–water partition coefficient (Wildman–Crippen LogP) is 5.50. The van der Waals surface area contributed by atoms with Gasteiger partial charge in [0.2, 0.25) is 0 Å². The number of aryl methyl sites for hydroxylation is 4. The Morgan fingerprint density at radius 1 is 0.944 bits per heavy atom. The third kappa shape index (κ3) is 2.20. The van der Waals surface area contributed by atoms with Crippen LogP contribution >= 0.6 is 0 Å². The van der Waals surface area contributed by atoms with Crippen LogP contribution in [0.2, 0.25) is 0 Å². The second-order valence-corrected chi connectivity index (χ2v) is 5.22. The summed E-state index contributed by atoms with van der Waals surface area (Å²) >= 11 is 0. The third-order valence-corrected chi connectivity index (χ3v) is 3.66. The maximum absolute atomic E-state index is 2.31. The van der Waals surface area contributed by atoms with Crippen LogP contribution in [0.5, 0.6) is 0 Å². The number of hydrogen-bond acceptors (Lipinski definition) is 0. The first-order valence-corrected chi connectivity index (χ1v) is 6.72. The van der Waals surface area contributed by atoms with Gasteiger partial charge >= 0.3 is 0 Å². The highest BCUT2D eigenvalue weighted by Gasteiger charge is 2.08. The van der Waals surface area contributed by atoms with Crippen molar-refractivity contribution in [3.8, 4) is 0 Å². The summed E-state index contributed by atoms with van der Waals surface area (Å²) in [6.45, 7) is 11.0. The highest BCUT2D eigenvalue weighted by atomic mass is 14.1. The topological polar surface area (TPSA) is 0 Å². The molecule has 0 nitrogen and oxygen atoms in total. The van der Waals surface area contributed by atoms with Gasteiger partial charge in [-0.05, 0) is 67.1 Å². The Balaban J connectivity index is 2.87. The number of rotatable bonds is 2. The van der Waals surface area contributed by atoms with Crippen LogP contribution in [0.25, 0.3) is 16.8 Å². The van der Waals surface area contributed by atoms with Crippen LogP contribution in [0.4, 0.5) is 0 Å². The van der Waals surface area contributed by atoms with Gasteiger partial charge in [-0.25, -0.2) is 0 Å². The molecule has 2 rings (SSSR count). The molecule has 0 aliphatic rings. The van der Waals surface area contributed by atoms with Crippen molar-refractivity contribution < 1.29 is 0 Å². The second-order valence-electron chi connectivity index (χ2n) is 5.22. The van der Waals surface area contributed by atoms with E-state index in [4.69, 9.17) is 0 Å². The zero-order valence-electron chi connectivity index (χ0n) is 12.1. The molecule has 0 N–H and O–H groups in total. The molecule has 0 saturated carbocycles. The molecule has 0 spiro atoms. The molecule has 0 heteroatoms. The summed E-state index contributed by atoms with van der Waals surface area (Å²) in [6, 6.07) is 6.90. The minimum Gasteiger partial charge on any atom is -0.0842 e. The molecule has 2 aromatic carbocycles. The van der Waals surface area contributed by atoms with E-state index in [1.54, 1.807) is 0 Å². The Morgan fingerprint density at radius 2 is 1.67 bits per heavy atom. The van der Waals surface area contributed by atoms with E-state index in [2.05, 4.69) is 65.0 Å². The summed E-state index contributed by atoms with van der Waals surface area (Å²) in [5, 5.41) is 2.82. The fraction of sp³-hybridized carbons (Fsp3) is 0.333. The van der Waals surface area contributed by atoms with Crippen LogP contribution in [0.15, 0.2) is 24.3 Å². The molecule has 18 heavy (non-hydrogen) atoms. The van der Waals surface area contributed by atoms with Crippen LogP contribution < -0.4 is 0 Å². The van der Waals surface area contributed by atoms with Gasteiger partial charge in [0.1, 0.15) is 0 Å². The largest absolute Gasteiger partial charge is 0.0842 e. The van der Waals surface area contributed by atoms with Crippen molar-refractivity contribution in [2.24, 2.45) is 0 Å². The standard InChI is InChI=1S/C18H22/c1-6-7-8-16-11-13(3)15(5)18-14(4)9-12(2)10-17(16)18/h7-11H,6H2,1-5H3. The zero-order chi connectivity index (χ0) is 13.3. The molecule has 94 valence electrons. The van der Waals surface area contributed by atoms with Crippen molar-refractivity contribution in [2.75, 3.05) is 0 Å². The summed E-state index contributed by atoms with van der Waals surface area (Å²) < 4.78 is 0. The summed E-state index contributed by atoms with van der Waals surface area (Å²) in [5.41, 5.74) is 6.87. The first-order valence-electron chi connectivity index (χ1n) is 6.72. The molecular weight excluding hydrogens is 216 g/mol. The Morgan fingerprint density at radius 3 is 2.33 bits per heavy atom. The predicted molar refractivity (Wildman–Crippen MR) is 82.2 cm³/mol. The Labute approximate surface area is 110 Å². The number of allylic oxidation sites excluding steroid dienone is 1. The van der Waals surface area contributed by atoms with Gasteiger partial charge in [0.05, 0.1) is 0 Å². The van der Waals surface area contributed by atoms with Crippen molar-refractivity contribution in [3.63, 3.8) is 0 Å². The molecule has 0 fully saturated rings. The summed E-state index contributed by atoms with van der Waals surface area (Å²) in [7, 11) is 0. The van der Waals surface area contributed by atoms with Crippen molar-refractivity contribution >= 4 is 16.8 Å². The van der Waals surface area contributed by atoms with Crippen LogP contribution in [-0.2, 0) is 0 Å². The Bertz CT molecular complexity index is 616. The van der Waals surface area contributed by atoms with Crippen molar-refractivity contribution in [3.05, 3.63) is 52.1 Å². The van der Waals surface area contributed by atoms with Gasteiger partial charge < -0.3 is 0 Å². The molecule has 0 bridgehead atoms. The number of hydrogen-bond donors (Lipinski definition) is 0. The van der Waals surface area contributed by atoms with Gasteiger partial charge in [-0.3, -0.25) is 0 Å². The highest BCUT2D eigenvalue weighted by Crippen LogP contribution is 2.30. The van der Waals surface area contributed by atoms with Crippen molar-refractivity contribution in [1.82, 2.24) is 0 Å². The Hall–Kier alpha value is -1.56. The van der Waals surface area contributed by atoms with E-state index in [9.17, 15) is 0 Å². The normalized spacial score (nSPS) is 11.6. The SMILES string of the molecule is CCC=Cc1cc(C)c(C)c2c(C)cc(C)cc12. The average molecular weight is 238 g/mol. The van der Waals surface area contributed by atoms with Gasteiger partial charge in [0, 0.05) is 0 Å². The smallest absolute Gasteiger partial charge is 0.0103 e. The molecule has 0 atom stereocenters. The van der Waals surface area contributed by atoms with E-state index >= 15 is 0 Å². The summed E-state index contributed by atoms with van der Waals surface area (Å²) in [6.07, 6.45) is 5.58. The monoisotopic (exact) mass is 238 g/mol. The molecule has 0 radical (unpaired) electrons. The van der Waals surface area contributed by atoms with E-state index in [-0.39, 0.29) is 0 Å². The summed E-state index contributed by atoms with van der Waals surface area (Å²) in [4.78, 5) is 0. The van der Waals surface area contributed by atoms with Gasteiger partial charge in [-0.1, -0.05) is 42.8 Å². The van der Waals surface area contributed by atoms with Gasteiger partial charge in [-0.15, -0.1) is 0 Å². The fourth-order valence-electron chi connectivity index (χ4n) is 2.69. The van der Waals surface area contributed by atoms with E-state index in [1.165, 1.54) is 38.6 Å². The van der Waals surface area contributed by atoms with Crippen LogP contribution in [0, 0.1) is 27.7 Å². The van der Waals surface area contributed by atoms with Crippen molar-refractivity contribution in [1.29, 1.82) is 0 Å². The maximum atomic E-state index is 2.31. The minimum atomic E-state index is 1.08. The van der Waals surface area contributed by atoms with Crippen LogP contribution in [0.1, 0.15) is 41.2 Å². The maximum Gasteiger partial charge on any atom is -0.0103 e. The first-order chi connectivity index (χ1) is 8.54.